The minimum Gasteiger partial charge on any atom is -0.298 e. The van der Waals surface area contributed by atoms with Crippen LogP contribution in [0.4, 0.5) is 0 Å². The maximum atomic E-state index is 12.5. The summed E-state index contributed by atoms with van der Waals surface area (Å²) in [5.74, 6) is -2.33. The Morgan fingerprint density at radius 2 is 1.60 bits per heavy atom. The average Bonchev–Trinajstić information content (AvgIpc) is 2.57. The van der Waals surface area contributed by atoms with E-state index >= 15 is 0 Å². The van der Waals surface area contributed by atoms with Crippen LogP contribution in [0.2, 0.25) is 10.0 Å². The molecular weight excluding hydrogens is 359 g/mol. The molecule has 0 radical (unpaired) electrons. The maximum absolute atomic E-state index is 12.5. The van der Waals surface area contributed by atoms with Crippen LogP contribution in [0.1, 0.15) is 29.9 Å². The lowest BCUT2D eigenvalue weighted by Gasteiger charge is -2.26. The number of hydrogen-bond donors (Lipinski definition) is 0. The first-order valence-corrected chi connectivity index (χ1v) is 8.78. The Hall–Kier alpha value is -1.97. The highest BCUT2D eigenvalue weighted by Crippen LogP contribution is 2.33. The predicted octanol–water partition coefficient (Wildman–Crippen LogP) is 4.44. The second-order valence-corrected chi connectivity index (χ2v) is 7.10. The molecule has 0 amide bonds. The lowest BCUT2D eigenvalue weighted by atomic mass is 9.74. The molecule has 1 fully saturated rings. The number of carbonyl (C=O) groups excluding carboxylic acids is 3. The van der Waals surface area contributed by atoms with E-state index in [1.807, 2.05) is 30.3 Å². The summed E-state index contributed by atoms with van der Waals surface area (Å²) in [5.41, 5.74) is 1.53. The maximum Gasteiger partial charge on any atom is 0.155 e. The zero-order valence-electron chi connectivity index (χ0n) is 13.4. The molecule has 0 aromatic heterocycles. The second-order valence-electron chi connectivity index (χ2n) is 6.26. The van der Waals surface area contributed by atoms with Crippen molar-refractivity contribution in [2.24, 2.45) is 5.92 Å². The van der Waals surface area contributed by atoms with Crippen molar-refractivity contribution in [2.75, 3.05) is 0 Å². The smallest absolute Gasteiger partial charge is 0.155 e. The van der Waals surface area contributed by atoms with Gasteiger partial charge in [-0.15, -0.1) is 0 Å². The highest BCUT2D eigenvalue weighted by atomic mass is 35.5. The molecule has 3 rings (SSSR count). The summed E-state index contributed by atoms with van der Waals surface area (Å²) in [6.07, 6.45) is 0.370. The molecule has 1 aliphatic rings. The first kappa shape index (κ1) is 17.8. The van der Waals surface area contributed by atoms with Crippen molar-refractivity contribution in [3.63, 3.8) is 0 Å². The molecule has 0 unspecified atom stereocenters. The molecule has 25 heavy (non-hydrogen) atoms. The Morgan fingerprint density at radius 1 is 0.960 bits per heavy atom. The summed E-state index contributed by atoms with van der Waals surface area (Å²) in [5, 5.41) is 0.829. The van der Waals surface area contributed by atoms with Crippen LogP contribution in [0.15, 0.2) is 48.5 Å². The van der Waals surface area contributed by atoms with Gasteiger partial charge in [0.15, 0.2) is 17.3 Å². The van der Waals surface area contributed by atoms with Gasteiger partial charge in [-0.2, -0.15) is 0 Å². The highest BCUT2D eigenvalue weighted by Gasteiger charge is 2.40. The fraction of sp³-hybridized carbons (Fsp3) is 0.250. The molecule has 2 aromatic carbocycles. The van der Waals surface area contributed by atoms with Crippen LogP contribution in [0.3, 0.4) is 0 Å². The van der Waals surface area contributed by atoms with Crippen LogP contribution in [-0.4, -0.2) is 17.3 Å². The Kier molecular flexibility index (Phi) is 5.36. The van der Waals surface area contributed by atoms with Gasteiger partial charge in [0.2, 0.25) is 0 Å². The molecule has 5 heteroatoms. The van der Waals surface area contributed by atoms with Crippen molar-refractivity contribution >= 4 is 40.6 Å². The van der Waals surface area contributed by atoms with E-state index in [0.29, 0.717) is 15.6 Å². The van der Waals surface area contributed by atoms with E-state index in [0.717, 1.165) is 5.56 Å². The van der Waals surface area contributed by atoms with Gasteiger partial charge in [0.1, 0.15) is 5.92 Å². The standard InChI is InChI=1S/C20H16Cl2O3/c21-15-7-6-13(16(22)11-15)8-17(23)20-18(24)9-14(10-19(20)25)12-4-2-1-3-5-12/h1-7,11,14,20H,8-10H2. The Bertz CT molecular complexity index is 812. The van der Waals surface area contributed by atoms with E-state index in [4.69, 9.17) is 23.2 Å². The van der Waals surface area contributed by atoms with Crippen LogP contribution in [0.25, 0.3) is 0 Å². The third-order valence-electron chi connectivity index (χ3n) is 4.51. The van der Waals surface area contributed by atoms with Gasteiger partial charge >= 0.3 is 0 Å². The number of ketones is 3. The quantitative estimate of drug-likeness (QED) is 0.743. The van der Waals surface area contributed by atoms with Crippen LogP contribution in [0, 0.1) is 5.92 Å². The van der Waals surface area contributed by atoms with Gasteiger partial charge < -0.3 is 0 Å². The summed E-state index contributed by atoms with van der Waals surface area (Å²) < 4.78 is 0. The van der Waals surface area contributed by atoms with Crippen LogP contribution in [-0.2, 0) is 20.8 Å². The van der Waals surface area contributed by atoms with Gasteiger partial charge in [-0.05, 0) is 29.2 Å². The van der Waals surface area contributed by atoms with Gasteiger partial charge in [-0.3, -0.25) is 14.4 Å². The molecule has 0 atom stereocenters. The lowest BCUT2D eigenvalue weighted by molar-refractivity contribution is -0.142. The Labute approximate surface area is 155 Å². The molecule has 0 N–H and O–H groups in total. The number of rotatable bonds is 4. The zero-order chi connectivity index (χ0) is 18.0. The molecule has 128 valence electrons. The van der Waals surface area contributed by atoms with E-state index in [2.05, 4.69) is 0 Å². The largest absolute Gasteiger partial charge is 0.298 e. The fourth-order valence-electron chi connectivity index (χ4n) is 3.25. The van der Waals surface area contributed by atoms with Crippen molar-refractivity contribution in [1.29, 1.82) is 0 Å². The van der Waals surface area contributed by atoms with Crippen molar-refractivity contribution in [1.82, 2.24) is 0 Å². The molecule has 0 saturated heterocycles. The SMILES string of the molecule is O=C(Cc1ccc(Cl)cc1Cl)C1C(=O)CC(c2ccccc2)CC1=O. The zero-order valence-corrected chi connectivity index (χ0v) is 14.9. The van der Waals surface area contributed by atoms with Gasteiger partial charge in [0.05, 0.1) is 0 Å². The normalized spacial score (nSPS) is 20.6. The summed E-state index contributed by atoms with van der Waals surface area (Å²) in [7, 11) is 0. The van der Waals surface area contributed by atoms with Crippen molar-refractivity contribution < 1.29 is 14.4 Å². The van der Waals surface area contributed by atoms with Gasteiger partial charge in [0.25, 0.3) is 0 Å². The molecule has 0 bridgehead atoms. The van der Waals surface area contributed by atoms with Crippen LogP contribution in [0.5, 0.6) is 0 Å². The Balaban J connectivity index is 1.74. The van der Waals surface area contributed by atoms with E-state index < -0.39 is 11.7 Å². The number of Topliss-reactive ketones (excluding diaryl/α,β-unsaturated/α-hetero) is 3. The molecule has 0 heterocycles. The summed E-state index contributed by atoms with van der Waals surface area (Å²) in [4.78, 5) is 37.5. The molecular formula is C20H16Cl2O3. The minimum absolute atomic E-state index is 0.0475. The van der Waals surface area contributed by atoms with E-state index in [-0.39, 0.29) is 36.7 Å². The van der Waals surface area contributed by atoms with Crippen molar-refractivity contribution in [3.8, 4) is 0 Å². The molecule has 1 aliphatic carbocycles. The minimum atomic E-state index is -1.17. The second kappa shape index (κ2) is 7.51. The number of benzene rings is 2. The third-order valence-corrected chi connectivity index (χ3v) is 5.10. The monoisotopic (exact) mass is 374 g/mol. The van der Waals surface area contributed by atoms with Gasteiger partial charge in [-0.25, -0.2) is 0 Å². The Morgan fingerprint density at radius 3 is 2.20 bits per heavy atom. The third kappa shape index (κ3) is 4.00. The van der Waals surface area contributed by atoms with Crippen LogP contribution >= 0.6 is 23.2 Å². The summed E-state index contributed by atoms with van der Waals surface area (Å²) in [6, 6.07) is 14.3. The van der Waals surface area contributed by atoms with Crippen molar-refractivity contribution in [2.45, 2.75) is 25.2 Å². The molecule has 1 saturated carbocycles. The number of hydrogen-bond acceptors (Lipinski definition) is 3. The summed E-state index contributed by atoms with van der Waals surface area (Å²) in [6.45, 7) is 0. The number of halogens is 2. The highest BCUT2D eigenvalue weighted by molar-refractivity contribution is 6.35. The van der Waals surface area contributed by atoms with Crippen molar-refractivity contribution in [3.05, 3.63) is 69.7 Å². The molecule has 3 nitrogen and oxygen atoms in total. The number of carbonyl (C=O) groups is 3. The van der Waals surface area contributed by atoms with E-state index in [1.165, 1.54) is 0 Å². The first-order valence-electron chi connectivity index (χ1n) is 8.02. The van der Waals surface area contributed by atoms with Gasteiger partial charge in [0, 0.05) is 29.3 Å². The lowest BCUT2D eigenvalue weighted by Crippen LogP contribution is -2.38. The van der Waals surface area contributed by atoms with Crippen LogP contribution < -0.4 is 0 Å². The molecule has 2 aromatic rings. The molecule has 0 spiro atoms. The molecule has 0 aliphatic heterocycles. The van der Waals surface area contributed by atoms with Gasteiger partial charge in [-0.1, -0.05) is 59.6 Å². The van der Waals surface area contributed by atoms with E-state index in [9.17, 15) is 14.4 Å². The predicted molar refractivity (Wildman–Crippen MR) is 97.1 cm³/mol. The average molecular weight is 375 g/mol. The topological polar surface area (TPSA) is 51.2 Å². The fourth-order valence-corrected chi connectivity index (χ4v) is 3.72. The van der Waals surface area contributed by atoms with E-state index in [1.54, 1.807) is 18.2 Å². The first-order chi connectivity index (χ1) is 12.0. The summed E-state index contributed by atoms with van der Waals surface area (Å²) >= 11 is 11.9.